The number of carbonyl (C=O) groups is 3. The van der Waals surface area contributed by atoms with E-state index in [9.17, 15) is 14.4 Å². The van der Waals surface area contributed by atoms with Crippen molar-refractivity contribution < 1.29 is 19.1 Å². The van der Waals surface area contributed by atoms with Crippen molar-refractivity contribution in [3.8, 4) is 0 Å². The molecule has 0 fully saturated rings. The molecule has 138 valence electrons. The van der Waals surface area contributed by atoms with Gasteiger partial charge in [-0.2, -0.15) is 0 Å². The highest BCUT2D eigenvalue weighted by Gasteiger charge is 2.22. The van der Waals surface area contributed by atoms with Gasteiger partial charge >= 0.3 is 12.0 Å². The minimum absolute atomic E-state index is 0.186. The second-order valence-electron chi connectivity index (χ2n) is 5.70. The molecule has 0 saturated carbocycles. The van der Waals surface area contributed by atoms with Crippen molar-refractivity contribution in [1.29, 1.82) is 0 Å². The van der Waals surface area contributed by atoms with Crippen molar-refractivity contribution in [2.45, 2.75) is 26.3 Å². The number of nitrogens with one attached hydrogen (secondary N) is 3. The van der Waals surface area contributed by atoms with Gasteiger partial charge < -0.3 is 20.7 Å². The quantitative estimate of drug-likeness (QED) is 0.624. The number of hydrogen-bond donors (Lipinski definition) is 3. The Morgan fingerprint density at radius 1 is 1.20 bits per heavy atom. The zero-order chi connectivity index (χ0) is 19.0. The summed E-state index contributed by atoms with van der Waals surface area (Å²) >= 11 is 11.8. The fraction of sp³-hybridized carbons (Fsp3) is 0.438. The maximum atomic E-state index is 11.9. The first-order valence-corrected chi connectivity index (χ1v) is 8.35. The molecule has 0 bridgehead atoms. The number of esters is 1. The van der Waals surface area contributed by atoms with Crippen LogP contribution >= 0.6 is 23.2 Å². The minimum Gasteiger partial charge on any atom is -0.467 e. The van der Waals surface area contributed by atoms with E-state index in [1.807, 2.05) is 13.8 Å². The number of ether oxygens (including phenoxy) is 1. The number of halogens is 2. The number of benzene rings is 1. The molecule has 3 N–H and O–H groups in total. The smallest absolute Gasteiger partial charge is 0.328 e. The standard InChI is InChI=1S/C16H21Cl2N3O4/c1-9(2)6-13(15(23)25-3)20-14(22)8-19-16(24)21-12-7-10(17)4-5-11(12)18/h4-5,7,9,13H,6,8H2,1-3H3,(H,20,22)(H2,19,21,24)/t13-/m0/s1. The molecule has 25 heavy (non-hydrogen) atoms. The van der Waals surface area contributed by atoms with Gasteiger partial charge in [-0.1, -0.05) is 37.0 Å². The van der Waals surface area contributed by atoms with E-state index < -0.39 is 23.9 Å². The zero-order valence-electron chi connectivity index (χ0n) is 14.2. The predicted molar refractivity (Wildman–Crippen MR) is 96.9 cm³/mol. The maximum Gasteiger partial charge on any atom is 0.328 e. The summed E-state index contributed by atoms with van der Waals surface area (Å²) in [4.78, 5) is 35.4. The summed E-state index contributed by atoms with van der Waals surface area (Å²) in [5.74, 6) is -0.855. The fourth-order valence-electron chi connectivity index (χ4n) is 1.99. The molecule has 1 aromatic rings. The van der Waals surface area contributed by atoms with Crippen LogP contribution in [0.3, 0.4) is 0 Å². The summed E-state index contributed by atoms with van der Waals surface area (Å²) in [6, 6.07) is 3.23. The average molecular weight is 390 g/mol. The summed E-state index contributed by atoms with van der Waals surface area (Å²) in [5.41, 5.74) is 0.319. The molecule has 7 nitrogen and oxygen atoms in total. The Kier molecular flexibility index (Phi) is 8.51. The molecule has 0 heterocycles. The molecule has 3 amide bonds. The van der Waals surface area contributed by atoms with Crippen molar-refractivity contribution in [2.75, 3.05) is 19.0 Å². The second kappa shape index (κ2) is 10.1. The molecular weight excluding hydrogens is 369 g/mol. The van der Waals surface area contributed by atoms with Crippen molar-refractivity contribution in [3.05, 3.63) is 28.2 Å². The van der Waals surface area contributed by atoms with E-state index in [1.165, 1.54) is 13.2 Å². The zero-order valence-corrected chi connectivity index (χ0v) is 15.7. The Labute approximate surface area is 156 Å². The van der Waals surface area contributed by atoms with Crippen LogP contribution in [0.25, 0.3) is 0 Å². The summed E-state index contributed by atoms with van der Waals surface area (Å²) < 4.78 is 4.66. The van der Waals surface area contributed by atoms with Gasteiger partial charge in [0.1, 0.15) is 6.04 Å². The molecule has 0 aliphatic heterocycles. The van der Waals surface area contributed by atoms with Gasteiger partial charge in [-0.3, -0.25) is 4.79 Å². The highest BCUT2D eigenvalue weighted by atomic mass is 35.5. The molecule has 0 spiro atoms. The van der Waals surface area contributed by atoms with Crippen LogP contribution in [-0.2, 0) is 14.3 Å². The summed E-state index contributed by atoms with van der Waals surface area (Å²) in [6.45, 7) is 3.53. The van der Waals surface area contributed by atoms with E-state index in [-0.39, 0.29) is 12.5 Å². The summed E-state index contributed by atoms with van der Waals surface area (Å²) in [5, 5.41) is 8.12. The van der Waals surface area contributed by atoms with Gasteiger partial charge in [-0.25, -0.2) is 9.59 Å². The SMILES string of the molecule is COC(=O)[C@H](CC(C)C)NC(=O)CNC(=O)Nc1cc(Cl)ccc1Cl. The third kappa shape index (κ3) is 7.62. The molecular formula is C16H21Cl2N3O4. The lowest BCUT2D eigenvalue weighted by Crippen LogP contribution is -2.47. The van der Waals surface area contributed by atoms with E-state index in [1.54, 1.807) is 12.1 Å². The van der Waals surface area contributed by atoms with Gasteiger partial charge in [0.2, 0.25) is 5.91 Å². The number of carbonyl (C=O) groups excluding carboxylic acids is 3. The number of amides is 3. The molecule has 0 radical (unpaired) electrons. The lowest BCUT2D eigenvalue weighted by molar-refractivity contribution is -0.145. The Hall–Kier alpha value is -1.99. The van der Waals surface area contributed by atoms with Gasteiger partial charge in [0.05, 0.1) is 24.4 Å². The third-order valence-electron chi connectivity index (χ3n) is 3.11. The van der Waals surface area contributed by atoms with Gasteiger partial charge in [-0.05, 0) is 30.5 Å². The number of hydrogen-bond acceptors (Lipinski definition) is 4. The molecule has 0 saturated heterocycles. The fourth-order valence-corrected chi connectivity index (χ4v) is 2.33. The first kappa shape index (κ1) is 21.1. The van der Waals surface area contributed by atoms with Crippen LogP contribution in [0.15, 0.2) is 18.2 Å². The van der Waals surface area contributed by atoms with Gasteiger partial charge in [0, 0.05) is 5.02 Å². The molecule has 0 aromatic heterocycles. The Bertz CT molecular complexity index is 638. The maximum absolute atomic E-state index is 11.9. The first-order valence-electron chi connectivity index (χ1n) is 7.60. The molecule has 0 unspecified atom stereocenters. The predicted octanol–water partition coefficient (Wildman–Crippen LogP) is 2.82. The van der Waals surface area contributed by atoms with Gasteiger partial charge in [0.25, 0.3) is 0 Å². The molecule has 1 rings (SSSR count). The van der Waals surface area contributed by atoms with Crippen LogP contribution in [0.5, 0.6) is 0 Å². The number of urea groups is 1. The van der Waals surface area contributed by atoms with Crippen molar-refractivity contribution >= 4 is 46.8 Å². The van der Waals surface area contributed by atoms with E-state index >= 15 is 0 Å². The first-order chi connectivity index (χ1) is 11.7. The Morgan fingerprint density at radius 2 is 1.88 bits per heavy atom. The lowest BCUT2D eigenvalue weighted by atomic mass is 10.0. The Balaban J connectivity index is 2.52. The minimum atomic E-state index is -0.760. The Morgan fingerprint density at radius 3 is 2.48 bits per heavy atom. The molecule has 0 aliphatic rings. The van der Waals surface area contributed by atoms with Crippen molar-refractivity contribution in [3.63, 3.8) is 0 Å². The highest BCUT2D eigenvalue weighted by Crippen LogP contribution is 2.25. The van der Waals surface area contributed by atoms with Crippen LogP contribution in [0, 0.1) is 5.92 Å². The second-order valence-corrected chi connectivity index (χ2v) is 6.55. The van der Waals surface area contributed by atoms with Crippen LogP contribution in [0.2, 0.25) is 10.0 Å². The van der Waals surface area contributed by atoms with E-state index in [0.29, 0.717) is 22.2 Å². The van der Waals surface area contributed by atoms with Crippen LogP contribution in [0.4, 0.5) is 10.5 Å². The monoisotopic (exact) mass is 389 g/mol. The number of rotatable bonds is 7. The van der Waals surface area contributed by atoms with Gasteiger partial charge in [0.15, 0.2) is 0 Å². The van der Waals surface area contributed by atoms with E-state index in [2.05, 4.69) is 20.7 Å². The molecule has 1 atom stereocenters. The molecule has 1 aromatic carbocycles. The van der Waals surface area contributed by atoms with E-state index in [0.717, 1.165) is 0 Å². The molecule has 9 heteroatoms. The van der Waals surface area contributed by atoms with Crippen LogP contribution in [-0.4, -0.2) is 37.6 Å². The highest BCUT2D eigenvalue weighted by molar-refractivity contribution is 6.35. The molecule has 0 aliphatic carbocycles. The normalized spacial score (nSPS) is 11.6. The van der Waals surface area contributed by atoms with Crippen molar-refractivity contribution in [2.24, 2.45) is 5.92 Å². The lowest BCUT2D eigenvalue weighted by Gasteiger charge is -2.18. The van der Waals surface area contributed by atoms with Crippen molar-refractivity contribution in [1.82, 2.24) is 10.6 Å². The topological polar surface area (TPSA) is 96.5 Å². The van der Waals surface area contributed by atoms with Crippen LogP contribution < -0.4 is 16.0 Å². The number of anilines is 1. The summed E-state index contributed by atoms with van der Waals surface area (Å²) in [7, 11) is 1.25. The van der Waals surface area contributed by atoms with Crippen LogP contribution in [0.1, 0.15) is 20.3 Å². The van der Waals surface area contributed by atoms with E-state index in [4.69, 9.17) is 23.2 Å². The van der Waals surface area contributed by atoms with Gasteiger partial charge in [-0.15, -0.1) is 0 Å². The third-order valence-corrected chi connectivity index (χ3v) is 3.68. The summed E-state index contributed by atoms with van der Waals surface area (Å²) in [6.07, 6.45) is 0.433. The largest absolute Gasteiger partial charge is 0.467 e. The average Bonchev–Trinajstić information content (AvgIpc) is 2.54. The number of methoxy groups -OCH3 is 1.